The molecule has 1 atom stereocenters. The Morgan fingerprint density at radius 3 is 2.48 bits per heavy atom. The van der Waals surface area contributed by atoms with Gasteiger partial charge in [-0.05, 0) is 38.5 Å². The van der Waals surface area contributed by atoms with Gasteiger partial charge in [0.25, 0.3) is 0 Å². The Morgan fingerprint density at radius 2 is 1.95 bits per heavy atom. The normalized spacial score (nSPS) is 12.2. The molecular formula is C16H20ClN3O. The smallest absolute Gasteiger partial charge is 0.225 e. The highest BCUT2D eigenvalue weighted by molar-refractivity contribution is 6.30. The summed E-state index contributed by atoms with van der Waals surface area (Å²) >= 11 is 5.87. The van der Waals surface area contributed by atoms with Crippen molar-refractivity contribution in [1.29, 1.82) is 0 Å². The highest BCUT2D eigenvalue weighted by Crippen LogP contribution is 2.17. The van der Waals surface area contributed by atoms with E-state index in [4.69, 9.17) is 11.6 Å². The van der Waals surface area contributed by atoms with Crippen LogP contribution in [-0.2, 0) is 18.3 Å². The van der Waals surface area contributed by atoms with Gasteiger partial charge in [0, 0.05) is 23.3 Å². The van der Waals surface area contributed by atoms with Gasteiger partial charge in [-0.1, -0.05) is 23.7 Å². The molecule has 0 spiro atoms. The van der Waals surface area contributed by atoms with Gasteiger partial charge in [0.2, 0.25) is 5.91 Å². The zero-order valence-corrected chi connectivity index (χ0v) is 13.5. The van der Waals surface area contributed by atoms with Crippen molar-refractivity contribution < 1.29 is 4.79 Å². The Balaban J connectivity index is 2.03. The molecule has 0 saturated heterocycles. The molecular weight excluding hydrogens is 286 g/mol. The molecule has 1 heterocycles. The van der Waals surface area contributed by atoms with E-state index in [2.05, 4.69) is 10.4 Å². The van der Waals surface area contributed by atoms with Crippen LogP contribution in [0.4, 0.5) is 0 Å². The third-order valence-corrected chi connectivity index (χ3v) is 4.00. The standard InChI is InChI=1S/C16H20ClN3O/c1-10(13-5-7-14(17)8-6-13)18-16(21)9-15-11(2)19-20(4)12(15)3/h5-8,10H,9H2,1-4H3,(H,18,21). The highest BCUT2D eigenvalue weighted by Gasteiger charge is 2.15. The fourth-order valence-corrected chi connectivity index (χ4v) is 2.49. The molecule has 1 unspecified atom stereocenters. The number of benzene rings is 1. The second kappa shape index (κ2) is 6.31. The van der Waals surface area contributed by atoms with Gasteiger partial charge in [-0.15, -0.1) is 0 Å². The van der Waals surface area contributed by atoms with Crippen LogP contribution >= 0.6 is 11.6 Å². The number of rotatable bonds is 4. The topological polar surface area (TPSA) is 46.9 Å². The Bertz CT molecular complexity index is 646. The molecule has 2 aromatic rings. The molecule has 2 rings (SSSR count). The molecule has 0 aliphatic carbocycles. The molecule has 1 N–H and O–H groups in total. The summed E-state index contributed by atoms with van der Waals surface area (Å²) in [7, 11) is 1.89. The van der Waals surface area contributed by atoms with Crippen molar-refractivity contribution in [3.8, 4) is 0 Å². The van der Waals surface area contributed by atoms with Crippen molar-refractivity contribution in [3.05, 3.63) is 51.8 Å². The van der Waals surface area contributed by atoms with E-state index in [-0.39, 0.29) is 11.9 Å². The first kappa shape index (κ1) is 15.6. The number of amides is 1. The van der Waals surface area contributed by atoms with E-state index >= 15 is 0 Å². The maximum absolute atomic E-state index is 12.2. The Hall–Kier alpha value is -1.81. The average Bonchev–Trinajstić information content (AvgIpc) is 2.66. The summed E-state index contributed by atoms with van der Waals surface area (Å²) in [6, 6.07) is 7.46. The minimum absolute atomic E-state index is 0.00310. The van der Waals surface area contributed by atoms with Crippen LogP contribution in [-0.4, -0.2) is 15.7 Å². The van der Waals surface area contributed by atoms with Crippen molar-refractivity contribution in [2.45, 2.75) is 33.2 Å². The van der Waals surface area contributed by atoms with Crippen molar-refractivity contribution in [3.63, 3.8) is 0 Å². The number of hydrogen-bond acceptors (Lipinski definition) is 2. The molecule has 21 heavy (non-hydrogen) atoms. The first-order valence-electron chi connectivity index (χ1n) is 6.92. The minimum Gasteiger partial charge on any atom is -0.349 e. The first-order valence-corrected chi connectivity index (χ1v) is 7.30. The third-order valence-electron chi connectivity index (χ3n) is 3.74. The number of halogens is 1. The molecule has 1 aromatic carbocycles. The molecule has 0 aliphatic heterocycles. The van der Waals surface area contributed by atoms with E-state index < -0.39 is 0 Å². The van der Waals surface area contributed by atoms with Gasteiger partial charge in [0.15, 0.2) is 0 Å². The minimum atomic E-state index is -0.0490. The van der Waals surface area contributed by atoms with E-state index in [0.29, 0.717) is 11.4 Å². The summed E-state index contributed by atoms with van der Waals surface area (Å²) in [5.74, 6) is -0.00310. The van der Waals surface area contributed by atoms with Crippen LogP contribution in [0, 0.1) is 13.8 Å². The Labute approximate surface area is 130 Å². The number of carbonyl (C=O) groups is 1. The second-order valence-corrected chi connectivity index (χ2v) is 5.73. The van der Waals surface area contributed by atoms with Crippen LogP contribution in [0.3, 0.4) is 0 Å². The summed E-state index contributed by atoms with van der Waals surface area (Å²) in [5.41, 5.74) is 3.97. The van der Waals surface area contributed by atoms with Gasteiger partial charge in [-0.3, -0.25) is 9.48 Å². The van der Waals surface area contributed by atoms with Gasteiger partial charge in [-0.25, -0.2) is 0 Å². The lowest BCUT2D eigenvalue weighted by Crippen LogP contribution is -2.28. The van der Waals surface area contributed by atoms with Crippen LogP contribution < -0.4 is 5.32 Å². The van der Waals surface area contributed by atoms with E-state index in [1.165, 1.54) is 0 Å². The van der Waals surface area contributed by atoms with Crippen LogP contribution in [0.15, 0.2) is 24.3 Å². The molecule has 0 bridgehead atoms. The van der Waals surface area contributed by atoms with E-state index in [1.807, 2.05) is 52.1 Å². The Kier molecular flexibility index (Phi) is 4.68. The summed E-state index contributed by atoms with van der Waals surface area (Å²) in [6.07, 6.45) is 0.351. The van der Waals surface area contributed by atoms with Gasteiger partial charge < -0.3 is 5.32 Å². The van der Waals surface area contributed by atoms with Gasteiger partial charge >= 0.3 is 0 Å². The molecule has 0 fully saturated rings. The molecule has 4 nitrogen and oxygen atoms in total. The lowest BCUT2D eigenvalue weighted by Gasteiger charge is -2.14. The fourth-order valence-electron chi connectivity index (χ4n) is 2.36. The first-order chi connectivity index (χ1) is 9.88. The van der Waals surface area contributed by atoms with Crippen molar-refractivity contribution >= 4 is 17.5 Å². The van der Waals surface area contributed by atoms with Crippen LogP contribution in [0.1, 0.15) is 35.5 Å². The van der Waals surface area contributed by atoms with Crippen molar-refractivity contribution in [1.82, 2.24) is 15.1 Å². The quantitative estimate of drug-likeness (QED) is 0.943. The molecule has 1 aromatic heterocycles. The average molecular weight is 306 g/mol. The molecule has 0 aliphatic rings. The lowest BCUT2D eigenvalue weighted by molar-refractivity contribution is -0.121. The summed E-state index contributed by atoms with van der Waals surface area (Å²) in [6.45, 7) is 5.87. The van der Waals surface area contributed by atoms with Gasteiger partial charge in [0.1, 0.15) is 0 Å². The maximum Gasteiger partial charge on any atom is 0.225 e. The van der Waals surface area contributed by atoms with E-state index in [1.54, 1.807) is 4.68 Å². The van der Waals surface area contributed by atoms with Crippen LogP contribution in [0.5, 0.6) is 0 Å². The monoisotopic (exact) mass is 305 g/mol. The molecule has 112 valence electrons. The van der Waals surface area contributed by atoms with Crippen molar-refractivity contribution in [2.75, 3.05) is 0 Å². The fraction of sp³-hybridized carbons (Fsp3) is 0.375. The zero-order chi connectivity index (χ0) is 15.6. The number of carbonyl (C=O) groups excluding carboxylic acids is 1. The lowest BCUT2D eigenvalue weighted by atomic mass is 10.1. The highest BCUT2D eigenvalue weighted by atomic mass is 35.5. The zero-order valence-electron chi connectivity index (χ0n) is 12.8. The second-order valence-electron chi connectivity index (χ2n) is 5.29. The van der Waals surface area contributed by atoms with Gasteiger partial charge in [-0.2, -0.15) is 5.10 Å². The third kappa shape index (κ3) is 3.64. The summed E-state index contributed by atoms with van der Waals surface area (Å²) in [5, 5.41) is 8.03. The summed E-state index contributed by atoms with van der Waals surface area (Å²) in [4.78, 5) is 12.2. The molecule has 0 radical (unpaired) electrons. The number of aromatic nitrogens is 2. The Morgan fingerprint density at radius 1 is 1.33 bits per heavy atom. The van der Waals surface area contributed by atoms with E-state index in [9.17, 15) is 4.79 Å². The largest absolute Gasteiger partial charge is 0.349 e. The van der Waals surface area contributed by atoms with Crippen LogP contribution in [0.2, 0.25) is 5.02 Å². The maximum atomic E-state index is 12.2. The van der Waals surface area contributed by atoms with Crippen molar-refractivity contribution in [2.24, 2.45) is 7.05 Å². The summed E-state index contributed by atoms with van der Waals surface area (Å²) < 4.78 is 1.81. The molecule has 0 saturated carbocycles. The number of hydrogen-bond donors (Lipinski definition) is 1. The molecule has 1 amide bonds. The predicted molar refractivity (Wildman–Crippen MR) is 84.4 cm³/mol. The van der Waals surface area contributed by atoms with Crippen LogP contribution in [0.25, 0.3) is 0 Å². The number of aryl methyl sites for hydroxylation is 2. The number of nitrogens with one attached hydrogen (secondary N) is 1. The number of nitrogens with zero attached hydrogens (tertiary/aromatic N) is 2. The predicted octanol–water partition coefficient (Wildman–Crippen LogP) is 3.11. The van der Waals surface area contributed by atoms with E-state index in [0.717, 1.165) is 22.5 Å². The van der Waals surface area contributed by atoms with Gasteiger partial charge in [0.05, 0.1) is 18.2 Å². The molecule has 5 heteroatoms. The SMILES string of the molecule is Cc1nn(C)c(C)c1CC(=O)NC(C)c1ccc(Cl)cc1.